The Labute approximate surface area is 143 Å². The van der Waals surface area contributed by atoms with E-state index >= 15 is 0 Å². The number of halogens is 2. The number of rotatable bonds is 4. The Morgan fingerprint density at radius 3 is 2.83 bits per heavy atom. The Bertz CT molecular complexity index is 731. The number of likely N-dealkylation sites (tertiary alicyclic amines) is 1. The first-order valence-corrected chi connectivity index (χ1v) is 7.84. The lowest BCUT2D eigenvalue weighted by atomic mass is 10.1. The predicted octanol–water partition coefficient (Wildman–Crippen LogP) is 3.57. The molecule has 0 saturated carbocycles. The number of furan rings is 1. The molecule has 2 aromatic rings. The zero-order valence-corrected chi connectivity index (χ0v) is 13.6. The third-order valence-corrected chi connectivity index (χ3v) is 4.44. The Hall–Kier alpha value is -1.98. The largest absolute Gasteiger partial charge is 0.467 e. The second kappa shape index (κ2) is 6.64. The lowest BCUT2D eigenvalue weighted by molar-refractivity contribution is -0.128. The van der Waals surface area contributed by atoms with Crippen LogP contribution in [0.1, 0.15) is 12.2 Å². The van der Waals surface area contributed by atoms with Crippen LogP contribution in [0.2, 0.25) is 10.0 Å². The molecule has 2 heterocycles. The molecule has 2 amide bonds. The van der Waals surface area contributed by atoms with Gasteiger partial charge in [-0.2, -0.15) is 0 Å². The Morgan fingerprint density at radius 2 is 2.13 bits per heavy atom. The monoisotopic (exact) mass is 352 g/mol. The fourth-order valence-electron chi connectivity index (χ4n) is 2.51. The molecule has 1 N–H and O–H groups in total. The fraction of sp³-hybridized carbons (Fsp3) is 0.250. The van der Waals surface area contributed by atoms with E-state index in [-0.39, 0.29) is 18.2 Å². The van der Waals surface area contributed by atoms with Crippen LogP contribution in [0.25, 0.3) is 0 Å². The number of amides is 2. The summed E-state index contributed by atoms with van der Waals surface area (Å²) in [5, 5.41) is 3.56. The summed E-state index contributed by atoms with van der Waals surface area (Å²) in [4.78, 5) is 26.0. The van der Waals surface area contributed by atoms with Gasteiger partial charge in [0.1, 0.15) is 5.76 Å². The van der Waals surface area contributed by atoms with Gasteiger partial charge in [-0.15, -0.1) is 0 Å². The van der Waals surface area contributed by atoms with E-state index in [0.29, 0.717) is 34.6 Å². The summed E-state index contributed by atoms with van der Waals surface area (Å²) in [6.45, 7) is 0.745. The van der Waals surface area contributed by atoms with E-state index in [1.807, 2.05) is 0 Å². The van der Waals surface area contributed by atoms with Crippen molar-refractivity contribution < 1.29 is 14.0 Å². The molecule has 120 valence electrons. The Morgan fingerprint density at radius 1 is 1.30 bits per heavy atom. The average Bonchev–Trinajstić information content (AvgIpc) is 3.14. The predicted molar refractivity (Wildman–Crippen MR) is 87.3 cm³/mol. The van der Waals surface area contributed by atoms with Gasteiger partial charge in [-0.25, -0.2) is 0 Å². The smallest absolute Gasteiger partial charge is 0.229 e. The molecular weight excluding hydrogens is 339 g/mol. The first kappa shape index (κ1) is 15.9. The number of nitrogens with one attached hydrogen (secondary N) is 1. The minimum absolute atomic E-state index is 0.0595. The third-order valence-electron chi connectivity index (χ3n) is 3.70. The van der Waals surface area contributed by atoms with Gasteiger partial charge in [0.05, 0.1) is 28.8 Å². The van der Waals surface area contributed by atoms with E-state index in [1.54, 1.807) is 41.5 Å². The molecule has 0 spiro atoms. The summed E-state index contributed by atoms with van der Waals surface area (Å²) >= 11 is 11.8. The summed E-state index contributed by atoms with van der Waals surface area (Å²) in [6.07, 6.45) is 1.75. The van der Waals surface area contributed by atoms with Gasteiger partial charge in [0.2, 0.25) is 11.8 Å². The summed E-state index contributed by atoms with van der Waals surface area (Å²) in [7, 11) is 0. The van der Waals surface area contributed by atoms with E-state index in [4.69, 9.17) is 27.6 Å². The van der Waals surface area contributed by atoms with Gasteiger partial charge in [0.15, 0.2) is 0 Å². The van der Waals surface area contributed by atoms with Gasteiger partial charge >= 0.3 is 0 Å². The fourth-order valence-corrected chi connectivity index (χ4v) is 2.81. The number of carbonyl (C=O) groups excluding carboxylic acids is 2. The minimum Gasteiger partial charge on any atom is -0.467 e. The zero-order valence-electron chi connectivity index (χ0n) is 12.1. The highest BCUT2D eigenvalue weighted by molar-refractivity contribution is 6.42. The van der Waals surface area contributed by atoms with Crippen LogP contribution in [-0.4, -0.2) is 23.3 Å². The minimum atomic E-state index is -0.396. The lowest BCUT2D eigenvalue weighted by Crippen LogP contribution is -2.27. The van der Waals surface area contributed by atoms with Crippen LogP contribution in [-0.2, 0) is 16.1 Å². The van der Waals surface area contributed by atoms with Gasteiger partial charge in [-0.05, 0) is 30.3 Å². The van der Waals surface area contributed by atoms with Gasteiger partial charge in [0, 0.05) is 18.7 Å². The first-order chi connectivity index (χ1) is 11.0. The first-order valence-electron chi connectivity index (χ1n) is 7.09. The van der Waals surface area contributed by atoms with Crippen molar-refractivity contribution in [1.82, 2.24) is 4.90 Å². The van der Waals surface area contributed by atoms with Crippen LogP contribution in [0, 0.1) is 5.92 Å². The third kappa shape index (κ3) is 3.68. The van der Waals surface area contributed by atoms with Crippen molar-refractivity contribution in [3.63, 3.8) is 0 Å². The van der Waals surface area contributed by atoms with Gasteiger partial charge in [0.25, 0.3) is 0 Å². The topological polar surface area (TPSA) is 62.6 Å². The highest BCUT2D eigenvalue weighted by Crippen LogP contribution is 2.26. The van der Waals surface area contributed by atoms with Crippen LogP contribution in [0.5, 0.6) is 0 Å². The molecular formula is C16H14Cl2N2O3. The molecule has 23 heavy (non-hydrogen) atoms. The lowest BCUT2D eigenvalue weighted by Gasteiger charge is -2.15. The van der Waals surface area contributed by atoms with Crippen molar-refractivity contribution in [1.29, 1.82) is 0 Å². The second-order valence-corrected chi connectivity index (χ2v) is 6.19. The molecule has 0 radical (unpaired) electrons. The normalized spacial score (nSPS) is 17.6. The van der Waals surface area contributed by atoms with E-state index in [0.717, 1.165) is 0 Å². The number of carbonyl (C=O) groups is 2. The van der Waals surface area contributed by atoms with Crippen molar-refractivity contribution in [3.8, 4) is 0 Å². The zero-order chi connectivity index (χ0) is 16.4. The van der Waals surface area contributed by atoms with Crippen LogP contribution < -0.4 is 5.32 Å². The standard InChI is InChI=1S/C16H14Cl2N2O3/c17-13-4-3-11(7-14(13)18)19-16(22)10-6-15(21)20(8-10)9-12-2-1-5-23-12/h1-5,7,10H,6,8-9H2,(H,19,22). The SMILES string of the molecule is O=C(Nc1ccc(Cl)c(Cl)c1)C1CC(=O)N(Cc2ccco2)C1. The summed E-state index contributed by atoms with van der Waals surface area (Å²) in [5.41, 5.74) is 0.557. The van der Waals surface area contributed by atoms with Crippen LogP contribution >= 0.6 is 23.2 Å². The molecule has 1 aromatic carbocycles. The van der Waals surface area contributed by atoms with E-state index in [2.05, 4.69) is 5.32 Å². The van der Waals surface area contributed by atoms with Crippen molar-refractivity contribution in [2.75, 3.05) is 11.9 Å². The van der Waals surface area contributed by atoms with Crippen molar-refractivity contribution in [3.05, 3.63) is 52.4 Å². The molecule has 0 aliphatic carbocycles. The van der Waals surface area contributed by atoms with Crippen molar-refractivity contribution in [2.45, 2.75) is 13.0 Å². The molecule has 1 aromatic heterocycles. The molecule has 1 unspecified atom stereocenters. The second-order valence-electron chi connectivity index (χ2n) is 5.37. The molecule has 7 heteroatoms. The molecule has 0 bridgehead atoms. The molecule has 1 fully saturated rings. The van der Waals surface area contributed by atoms with E-state index < -0.39 is 5.92 Å². The molecule has 1 aliphatic heterocycles. The quantitative estimate of drug-likeness (QED) is 0.914. The maximum atomic E-state index is 12.3. The van der Waals surface area contributed by atoms with Gasteiger partial charge in [-0.3, -0.25) is 9.59 Å². The summed E-state index contributed by atoms with van der Waals surface area (Å²) < 4.78 is 5.24. The number of hydrogen-bond donors (Lipinski definition) is 1. The maximum absolute atomic E-state index is 12.3. The van der Waals surface area contributed by atoms with Gasteiger partial charge < -0.3 is 14.6 Å². The maximum Gasteiger partial charge on any atom is 0.229 e. The van der Waals surface area contributed by atoms with Crippen LogP contribution in [0.4, 0.5) is 5.69 Å². The van der Waals surface area contributed by atoms with Crippen molar-refractivity contribution in [2.24, 2.45) is 5.92 Å². The summed E-state index contributed by atoms with van der Waals surface area (Å²) in [6, 6.07) is 8.44. The average molecular weight is 353 g/mol. The molecule has 1 atom stereocenters. The van der Waals surface area contributed by atoms with Crippen molar-refractivity contribution >= 4 is 40.7 Å². The van der Waals surface area contributed by atoms with Gasteiger partial charge in [-0.1, -0.05) is 23.2 Å². The number of hydrogen-bond acceptors (Lipinski definition) is 3. The number of benzene rings is 1. The Kier molecular flexibility index (Phi) is 4.59. The number of nitrogens with zero attached hydrogens (tertiary/aromatic N) is 1. The molecule has 1 aliphatic rings. The number of anilines is 1. The van der Waals surface area contributed by atoms with E-state index in [1.165, 1.54) is 0 Å². The highest BCUT2D eigenvalue weighted by Gasteiger charge is 2.34. The van der Waals surface area contributed by atoms with Crippen LogP contribution in [0.3, 0.4) is 0 Å². The molecule has 5 nitrogen and oxygen atoms in total. The highest BCUT2D eigenvalue weighted by atomic mass is 35.5. The van der Waals surface area contributed by atoms with E-state index in [9.17, 15) is 9.59 Å². The van der Waals surface area contributed by atoms with Crippen LogP contribution in [0.15, 0.2) is 41.0 Å². The Balaban J connectivity index is 1.62. The molecule has 1 saturated heterocycles. The molecule has 3 rings (SSSR count). The summed E-state index contributed by atoms with van der Waals surface area (Å²) in [5.74, 6) is 0.0326.